The molecule has 1 aromatic heterocycles. The highest BCUT2D eigenvalue weighted by Gasteiger charge is 2.31. The smallest absolute Gasteiger partial charge is 0.406 e. The van der Waals surface area contributed by atoms with Gasteiger partial charge in [0.15, 0.2) is 0 Å². The monoisotopic (exact) mass is 581 g/mol. The number of fused-ring (bicyclic) bond motifs is 1. The second-order valence-corrected chi connectivity index (χ2v) is 10.8. The fourth-order valence-electron chi connectivity index (χ4n) is 4.02. The predicted octanol–water partition coefficient (Wildman–Crippen LogP) is 7.92. The average molecular weight is 582 g/mol. The summed E-state index contributed by atoms with van der Waals surface area (Å²) in [5.74, 6) is -0.340. The van der Waals surface area contributed by atoms with Crippen molar-refractivity contribution in [2.45, 2.75) is 45.9 Å². The maximum atomic E-state index is 13.2. The van der Waals surface area contributed by atoms with Gasteiger partial charge in [-0.3, -0.25) is 0 Å². The summed E-state index contributed by atoms with van der Waals surface area (Å²) in [6.45, 7) is 4.26. The van der Waals surface area contributed by atoms with Crippen LogP contribution < -0.4 is 4.74 Å². The molecule has 0 unspecified atom stereocenters. The predicted molar refractivity (Wildman–Crippen MR) is 155 cm³/mol. The van der Waals surface area contributed by atoms with Crippen LogP contribution in [-0.4, -0.2) is 37.2 Å². The molecule has 0 aliphatic rings. The summed E-state index contributed by atoms with van der Waals surface area (Å²) in [5.41, 5.74) is 3.42. The molecule has 0 bridgehead atoms. The third-order valence-corrected chi connectivity index (χ3v) is 8.02. The molecule has 0 spiro atoms. The first kappa shape index (κ1) is 32.3. The Labute approximate surface area is 232 Å². The maximum Gasteiger partial charge on any atom is 0.573 e. The first-order valence-electron chi connectivity index (χ1n) is 12.3. The van der Waals surface area contributed by atoms with E-state index < -0.39 is 16.4 Å². The Morgan fingerprint density at radius 2 is 1.77 bits per heavy atom. The molecule has 2 aromatic carbocycles. The quantitative estimate of drug-likeness (QED) is 0.184. The highest BCUT2D eigenvalue weighted by Crippen LogP contribution is 2.31. The van der Waals surface area contributed by atoms with Crippen LogP contribution in [0, 0.1) is 0 Å². The summed E-state index contributed by atoms with van der Waals surface area (Å²) in [5, 5.41) is 8.99. The number of nitrogens with zero attached hydrogens (tertiary/aromatic N) is 1. The number of aliphatic hydroxyl groups is 1. The molecule has 0 aliphatic heterocycles. The minimum atomic E-state index is -4.79. The van der Waals surface area contributed by atoms with Gasteiger partial charge in [-0.25, -0.2) is 12.4 Å². The minimum Gasteiger partial charge on any atom is -0.406 e. The summed E-state index contributed by atoms with van der Waals surface area (Å²) in [6, 6.07) is 13.0. The van der Waals surface area contributed by atoms with Crippen molar-refractivity contribution in [1.82, 2.24) is 3.97 Å². The van der Waals surface area contributed by atoms with Crippen molar-refractivity contribution in [3.63, 3.8) is 0 Å². The fraction of sp³-hybridized carbons (Fsp3) is 0.310. The van der Waals surface area contributed by atoms with E-state index in [1.165, 1.54) is 45.6 Å². The molecule has 1 heterocycles. The number of aryl methyl sites for hydroxylation is 1. The number of hydrogen-bond donors (Lipinski definition) is 1. The lowest BCUT2D eigenvalue weighted by atomic mass is 10.0. The number of hydrogen-bond acceptors (Lipinski definition) is 5. The number of benzene rings is 2. The Hall–Kier alpha value is -2.95. The third-order valence-electron chi connectivity index (χ3n) is 5.86. The number of halogens is 3. The fourth-order valence-corrected chi connectivity index (χ4v) is 5.71. The van der Waals surface area contributed by atoms with E-state index in [2.05, 4.69) is 24.7 Å². The van der Waals surface area contributed by atoms with Gasteiger partial charge in [-0.2, -0.15) is 0 Å². The SMILES string of the molecule is CCC(=CCCc1cn(S(=O)(=O)/C=C/C=C(\SC)c2cccc(OC(F)(F)F)c2)c2ccccc12)CC.CO. The number of rotatable bonds is 11. The lowest BCUT2D eigenvalue weighted by Gasteiger charge is -2.10. The Morgan fingerprint density at radius 3 is 2.41 bits per heavy atom. The molecule has 3 rings (SSSR count). The molecule has 10 heteroatoms. The van der Waals surface area contributed by atoms with E-state index in [1.54, 1.807) is 36.7 Å². The average Bonchev–Trinajstić information content (AvgIpc) is 3.29. The molecule has 5 nitrogen and oxygen atoms in total. The number of ether oxygens (including phenoxy) is 1. The molecule has 0 saturated carbocycles. The molecule has 0 aliphatic carbocycles. The molecule has 3 aromatic rings. The summed E-state index contributed by atoms with van der Waals surface area (Å²) in [7, 11) is -2.84. The highest BCUT2D eigenvalue weighted by molar-refractivity contribution is 8.07. The van der Waals surface area contributed by atoms with Crippen LogP contribution in [0.25, 0.3) is 15.8 Å². The number of alkyl halides is 3. The van der Waals surface area contributed by atoms with Crippen molar-refractivity contribution >= 4 is 37.6 Å². The minimum absolute atomic E-state index is 0.340. The number of allylic oxidation sites excluding steroid dienone is 4. The molecule has 39 heavy (non-hydrogen) atoms. The molecule has 212 valence electrons. The summed E-state index contributed by atoms with van der Waals surface area (Å²) in [4.78, 5) is 0.589. The van der Waals surface area contributed by atoms with Crippen LogP contribution >= 0.6 is 11.8 Å². The van der Waals surface area contributed by atoms with Crippen molar-refractivity contribution in [1.29, 1.82) is 0 Å². The Bertz CT molecular complexity index is 1420. The maximum absolute atomic E-state index is 13.2. The van der Waals surface area contributed by atoms with E-state index in [1.807, 2.05) is 12.1 Å². The molecule has 0 atom stereocenters. The van der Waals surface area contributed by atoms with Gasteiger partial charge in [-0.1, -0.05) is 55.8 Å². The number of thioether (sulfide) groups is 1. The molecule has 0 fully saturated rings. The van der Waals surface area contributed by atoms with Gasteiger partial charge in [0, 0.05) is 23.6 Å². The van der Waals surface area contributed by atoms with Gasteiger partial charge in [0.1, 0.15) is 5.75 Å². The highest BCUT2D eigenvalue weighted by atomic mass is 32.2. The molecular formula is C29H34F3NO4S2. The molecule has 1 N–H and O–H groups in total. The Kier molecular flexibility index (Phi) is 12.4. The van der Waals surface area contributed by atoms with E-state index in [9.17, 15) is 21.6 Å². The zero-order chi connectivity index (χ0) is 29.1. The van der Waals surface area contributed by atoms with Gasteiger partial charge in [-0.15, -0.1) is 24.9 Å². The van der Waals surface area contributed by atoms with Crippen LogP contribution in [0.2, 0.25) is 0 Å². The zero-order valence-electron chi connectivity index (χ0n) is 22.4. The van der Waals surface area contributed by atoms with E-state index in [0.717, 1.165) is 49.2 Å². The third kappa shape index (κ3) is 9.33. The first-order chi connectivity index (χ1) is 18.6. The standard InChI is InChI=1S/C28H30F3NO3S2.CH4O/c1-4-21(5-2)11-8-13-23-20-32(26-16-7-6-15-25(23)26)37(33,34)18-10-17-27(36-3)22-12-9-14-24(19-22)35-28(29,30)31;1-2/h6-7,9-12,14-20H,4-5,8,13H2,1-3H3;2H,1H3/b18-10+,27-17-;. The van der Waals surface area contributed by atoms with Gasteiger partial charge < -0.3 is 9.84 Å². The van der Waals surface area contributed by atoms with Gasteiger partial charge in [0.05, 0.1) is 10.9 Å². The van der Waals surface area contributed by atoms with Crippen molar-refractivity contribution < 1.29 is 31.4 Å². The van der Waals surface area contributed by atoms with Crippen LogP contribution in [0.4, 0.5) is 13.2 Å². The van der Waals surface area contributed by atoms with Crippen LogP contribution in [-0.2, 0) is 16.4 Å². The van der Waals surface area contributed by atoms with Crippen molar-refractivity contribution in [3.05, 3.63) is 95.1 Å². The van der Waals surface area contributed by atoms with E-state index in [0.29, 0.717) is 16.0 Å². The van der Waals surface area contributed by atoms with E-state index in [4.69, 9.17) is 5.11 Å². The molecular weight excluding hydrogens is 547 g/mol. The van der Waals surface area contributed by atoms with E-state index in [-0.39, 0.29) is 5.75 Å². The molecule has 0 radical (unpaired) electrons. The molecule has 0 saturated heterocycles. The first-order valence-corrected chi connectivity index (χ1v) is 15.1. The summed E-state index contributed by atoms with van der Waals surface area (Å²) >= 11 is 1.28. The van der Waals surface area contributed by atoms with Crippen molar-refractivity contribution in [3.8, 4) is 5.75 Å². The zero-order valence-corrected chi connectivity index (χ0v) is 24.0. The largest absolute Gasteiger partial charge is 0.573 e. The lowest BCUT2D eigenvalue weighted by molar-refractivity contribution is -0.274. The Morgan fingerprint density at radius 1 is 1.08 bits per heavy atom. The summed E-state index contributed by atoms with van der Waals surface area (Å²) < 4.78 is 69.5. The molecule has 0 amide bonds. The van der Waals surface area contributed by atoms with Gasteiger partial charge in [0.25, 0.3) is 10.0 Å². The number of aliphatic hydroxyl groups excluding tert-OH is 1. The van der Waals surface area contributed by atoms with Crippen LogP contribution in [0.1, 0.15) is 44.2 Å². The van der Waals surface area contributed by atoms with Crippen molar-refractivity contribution in [2.24, 2.45) is 0 Å². The van der Waals surface area contributed by atoms with Crippen LogP contribution in [0.3, 0.4) is 0 Å². The van der Waals surface area contributed by atoms with Crippen LogP contribution in [0.5, 0.6) is 5.75 Å². The lowest BCUT2D eigenvalue weighted by Crippen LogP contribution is -2.17. The van der Waals surface area contributed by atoms with Gasteiger partial charge in [-0.05, 0) is 73.4 Å². The topological polar surface area (TPSA) is 68.5 Å². The van der Waals surface area contributed by atoms with E-state index >= 15 is 0 Å². The Balaban J connectivity index is 0.00000260. The van der Waals surface area contributed by atoms with Gasteiger partial charge in [0.2, 0.25) is 0 Å². The second-order valence-electron chi connectivity index (χ2n) is 8.26. The number of para-hydroxylation sites is 1. The summed E-state index contributed by atoms with van der Waals surface area (Å²) in [6.07, 6.45) is 7.38. The van der Waals surface area contributed by atoms with Crippen LogP contribution in [0.15, 0.2) is 83.9 Å². The van der Waals surface area contributed by atoms with Crippen molar-refractivity contribution in [2.75, 3.05) is 13.4 Å². The second kappa shape index (κ2) is 15.0. The van der Waals surface area contributed by atoms with Gasteiger partial charge >= 0.3 is 6.36 Å². The number of aromatic nitrogens is 1. The normalized spacial score (nSPS) is 12.4.